The predicted molar refractivity (Wildman–Crippen MR) is 94.0 cm³/mol. The van der Waals surface area contributed by atoms with Crippen LogP contribution in [0, 0.1) is 5.92 Å². The molecule has 0 atom stereocenters. The van der Waals surface area contributed by atoms with E-state index >= 15 is 0 Å². The highest BCUT2D eigenvalue weighted by molar-refractivity contribution is 5.97. The maximum absolute atomic E-state index is 12.6. The van der Waals surface area contributed by atoms with Gasteiger partial charge in [0.1, 0.15) is 11.3 Å². The molecule has 24 heavy (non-hydrogen) atoms. The highest BCUT2D eigenvalue weighted by atomic mass is 16.6. The number of hydrogen-bond acceptors (Lipinski definition) is 4. The number of benzene rings is 1. The van der Waals surface area contributed by atoms with Crippen molar-refractivity contribution in [3.8, 4) is 0 Å². The zero-order valence-electron chi connectivity index (χ0n) is 14.6. The number of rotatable bonds is 5. The van der Waals surface area contributed by atoms with Gasteiger partial charge in [0.2, 0.25) is 5.91 Å². The van der Waals surface area contributed by atoms with Gasteiger partial charge in [-0.3, -0.25) is 4.79 Å². The number of piperidine rings is 1. The van der Waals surface area contributed by atoms with Crippen LogP contribution < -0.4 is 10.6 Å². The van der Waals surface area contributed by atoms with Crippen LogP contribution in [0.25, 0.3) is 6.08 Å². The summed E-state index contributed by atoms with van der Waals surface area (Å²) in [6, 6.07) is 9.39. The molecule has 1 aromatic rings. The quantitative estimate of drug-likeness (QED) is 0.643. The minimum absolute atomic E-state index is 0.163. The molecule has 0 unspecified atom stereocenters. The molecule has 1 aromatic carbocycles. The zero-order chi connectivity index (χ0) is 17.6. The van der Waals surface area contributed by atoms with E-state index in [1.165, 1.54) is 6.92 Å². The van der Waals surface area contributed by atoms with Crippen LogP contribution in [0.1, 0.15) is 39.2 Å². The molecule has 2 N–H and O–H groups in total. The van der Waals surface area contributed by atoms with E-state index in [0.29, 0.717) is 5.92 Å². The fourth-order valence-electron chi connectivity index (χ4n) is 2.95. The second kappa shape index (κ2) is 8.11. The van der Waals surface area contributed by atoms with E-state index in [4.69, 9.17) is 4.74 Å². The van der Waals surface area contributed by atoms with Gasteiger partial charge in [-0.1, -0.05) is 30.3 Å². The number of amides is 1. The standard InChI is InChI=1S/C19H26N2O3/c1-14(22)21-17(13-15-7-5-4-6-8-15)18(23)24-19(2,3)16-9-11-20-12-10-16/h4-8,13,16,20H,9-12H2,1-3H3,(H,21,22)/b17-13-. The first-order chi connectivity index (χ1) is 11.4. The number of hydrogen-bond donors (Lipinski definition) is 2. The summed E-state index contributed by atoms with van der Waals surface area (Å²) in [7, 11) is 0. The monoisotopic (exact) mass is 330 g/mol. The van der Waals surface area contributed by atoms with Crippen molar-refractivity contribution >= 4 is 18.0 Å². The Hall–Kier alpha value is -2.14. The van der Waals surface area contributed by atoms with Crippen LogP contribution in [0.4, 0.5) is 0 Å². The SMILES string of the molecule is CC(=O)N/C(=C\c1ccccc1)C(=O)OC(C)(C)C1CCNCC1. The molecule has 1 aliphatic rings. The Balaban J connectivity index is 2.15. The van der Waals surface area contributed by atoms with Gasteiger partial charge in [0.15, 0.2) is 0 Å². The van der Waals surface area contributed by atoms with Crippen LogP contribution in [0.15, 0.2) is 36.0 Å². The van der Waals surface area contributed by atoms with Gasteiger partial charge in [0, 0.05) is 12.8 Å². The van der Waals surface area contributed by atoms with E-state index in [1.54, 1.807) is 6.08 Å². The molecular weight excluding hydrogens is 304 g/mol. The predicted octanol–water partition coefficient (Wildman–Crippen LogP) is 2.49. The Labute approximate surface area is 143 Å². The molecular formula is C19H26N2O3. The summed E-state index contributed by atoms with van der Waals surface area (Å²) in [4.78, 5) is 24.1. The summed E-state index contributed by atoms with van der Waals surface area (Å²) in [5.74, 6) is -0.496. The second-order valence-electron chi connectivity index (χ2n) is 6.67. The zero-order valence-corrected chi connectivity index (χ0v) is 14.6. The third kappa shape index (κ3) is 5.20. The molecule has 5 heteroatoms. The van der Waals surface area contributed by atoms with Crippen molar-refractivity contribution in [2.24, 2.45) is 5.92 Å². The fraction of sp³-hybridized carbons (Fsp3) is 0.474. The van der Waals surface area contributed by atoms with Crippen LogP contribution in [-0.2, 0) is 14.3 Å². The molecule has 1 amide bonds. The number of nitrogens with one attached hydrogen (secondary N) is 2. The molecule has 1 fully saturated rings. The molecule has 2 rings (SSSR count). The van der Waals surface area contributed by atoms with Crippen LogP contribution >= 0.6 is 0 Å². The van der Waals surface area contributed by atoms with Crippen molar-refractivity contribution < 1.29 is 14.3 Å². The third-order valence-electron chi connectivity index (χ3n) is 4.32. The maximum atomic E-state index is 12.6. The van der Waals surface area contributed by atoms with Gasteiger partial charge in [-0.25, -0.2) is 4.79 Å². The molecule has 1 heterocycles. The van der Waals surface area contributed by atoms with Crippen LogP contribution in [0.2, 0.25) is 0 Å². The number of ether oxygens (including phenoxy) is 1. The summed E-state index contributed by atoms with van der Waals surface area (Å²) < 4.78 is 5.76. The molecule has 0 aliphatic carbocycles. The van der Waals surface area contributed by atoms with Crippen molar-refractivity contribution in [1.29, 1.82) is 0 Å². The van der Waals surface area contributed by atoms with Crippen LogP contribution in [-0.4, -0.2) is 30.6 Å². The lowest BCUT2D eigenvalue weighted by Crippen LogP contribution is -2.43. The van der Waals surface area contributed by atoms with Crippen molar-refractivity contribution in [3.63, 3.8) is 0 Å². The minimum atomic E-state index is -0.576. The number of esters is 1. The molecule has 1 saturated heterocycles. The average Bonchev–Trinajstić information content (AvgIpc) is 2.55. The van der Waals surface area contributed by atoms with Gasteiger partial charge in [-0.2, -0.15) is 0 Å². The smallest absolute Gasteiger partial charge is 0.355 e. The molecule has 0 aromatic heterocycles. The summed E-state index contributed by atoms with van der Waals surface area (Å²) in [5.41, 5.74) is 0.418. The second-order valence-corrected chi connectivity index (χ2v) is 6.67. The van der Waals surface area contributed by atoms with Crippen molar-refractivity contribution in [2.45, 2.75) is 39.2 Å². The van der Waals surface area contributed by atoms with E-state index < -0.39 is 11.6 Å². The van der Waals surface area contributed by atoms with Crippen molar-refractivity contribution in [1.82, 2.24) is 10.6 Å². The summed E-state index contributed by atoms with van der Waals surface area (Å²) in [6.45, 7) is 7.13. The minimum Gasteiger partial charge on any atom is -0.455 e. The van der Waals surface area contributed by atoms with E-state index in [1.807, 2.05) is 44.2 Å². The lowest BCUT2D eigenvalue weighted by atomic mass is 9.83. The lowest BCUT2D eigenvalue weighted by molar-refractivity contribution is -0.158. The van der Waals surface area contributed by atoms with E-state index in [9.17, 15) is 9.59 Å². The highest BCUT2D eigenvalue weighted by Gasteiger charge is 2.35. The van der Waals surface area contributed by atoms with Gasteiger partial charge in [-0.05, 0) is 51.4 Å². The first kappa shape index (κ1) is 18.2. The largest absolute Gasteiger partial charge is 0.455 e. The van der Waals surface area contributed by atoms with Crippen LogP contribution in [0.3, 0.4) is 0 Å². The Morgan fingerprint density at radius 3 is 2.42 bits per heavy atom. The first-order valence-corrected chi connectivity index (χ1v) is 8.37. The van der Waals surface area contributed by atoms with Gasteiger partial charge in [0.05, 0.1) is 0 Å². The van der Waals surface area contributed by atoms with Gasteiger partial charge < -0.3 is 15.4 Å². The third-order valence-corrected chi connectivity index (χ3v) is 4.32. The molecule has 0 spiro atoms. The first-order valence-electron chi connectivity index (χ1n) is 8.37. The maximum Gasteiger partial charge on any atom is 0.355 e. The molecule has 130 valence electrons. The molecule has 0 radical (unpaired) electrons. The average molecular weight is 330 g/mol. The molecule has 1 aliphatic heterocycles. The highest BCUT2D eigenvalue weighted by Crippen LogP contribution is 2.29. The van der Waals surface area contributed by atoms with Gasteiger partial charge >= 0.3 is 5.97 Å². The normalized spacial score (nSPS) is 16.5. The Morgan fingerprint density at radius 1 is 1.21 bits per heavy atom. The van der Waals surface area contributed by atoms with Gasteiger partial charge in [0.25, 0.3) is 0 Å². The van der Waals surface area contributed by atoms with Crippen molar-refractivity contribution in [2.75, 3.05) is 13.1 Å². The van der Waals surface area contributed by atoms with Crippen LogP contribution in [0.5, 0.6) is 0 Å². The molecule has 5 nitrogen and oxygen atoms in total. The van der Waals surface area contributed by atoms with Gasteiger partial charge in [-0.15, -0.1) is 0 Å². The fourth-order valence-corrected chi connectivity index (χ4v) is 2.95. The molecule has 0 bridgehead atoms. The van der Waals surface area contributed by atoms with Crippen molar-refractivity contribution in [3.05, 3.63) is 41.6 Å². The summed E-state index contributed by atoms with van der Waals surface area (Å²) >= 11 is 0. The Morgan fingerprint density at radius 2 is 1.83 bits per heavy atom. The topological polar surface area (TPSA) is 67.4 Å². The Bertz CT molecular complexity index is 602. The van der Waals surface area contributed by atoms with E-state index in [2.05, 4.69) is 10.6 Å². The van der Waals surface area contributed by atoms with E-state index in [0.717, 1.165) is 31.5 Å². The molecule has 0 saturated carbocycles. The van der Waals surface area contributed by atoms with E-state index in [-0.39, 0.29) is 11.6 Å². The summed E-state index contributed by atoms with van der Waals surface area (Å²) in [6.07, 6.45) is 3.58. The summed E-state index contributed by atoms with van der Waals surface area (Å²) in [5, 5.41) is 5.90. The number of carbonyl (C=O) groups is 2. The Kier molecular flexibility index (Phi) is 6.15. The number of carbonyl (C=O) groups excluding carboxylic acids is 2. The lowest BCUT2D eigenvalue weighted by Gasteiger charge is -2.36.